The summed E-state index contributed by atoms with van der Waals surface area (Å²) in [6.07, 6.45) is 0. The summed E-state index contributed by atoms with van der Waals surface area (Å²) in [5.74, 6) is 0.0165. The van der Waals surface area contributed by atoms with Crippen LogP contribution < -0.4 is 9.47 Å². The van der Waals surface area contributed by atoms with Gasteiger partial charge in [-0.05, 0) is 67.6 Å². The van der Waals surface area contributed by atoms with Crippen molar-refractivity contribution >= 4 is 34.5 Å². The molecule has 4 rings (SSSR count). The van der Waals surface area contributed by atoms with Crippen LogP contribution in [0.25, 0.3) is 11.0 Å². The van der Waals surface area contributed by atoms with E-state index in [4.69, 9.17) is 30.3 Å². The first-order valence-corrected chi connectivity index (χ1v) is 10.2. The highest BCUT2D eigenvalue weighted by Crippen LogP contribution is 2.26. The normalized spacial score (nSPS) is 10.7. The van der Waals surface area contributed by atoms with Gasteiger partial charge in [0, 0.05) is 16.5 Å². The van der Waals surface area contributed by atoms with Gasteiger partial charge in [-0.2, -0.15) is 0 Å². The Balaban J connectivity index is 1.41. The summed E-state index contributed by atoms with van der Waals surface area (Å²) in [4.78, 5) is 24.0. The fourth-order valence-electron chi connectivity index (χ4n) is 2.94. The van der Waals surface area contributed by atoms with Crippen LogP contribution in [0.2, 0.25) is 5.02 Å². The van der Waals surface area contributed by atoms with E-state index in [1.54, 1.807) is 73.7 Å². The second-order valence-corrected chi connectivity index (χ2v) is 7.15. The first-order chi connectivity index (χ1) is 15.5. The summed E-state index contributed by atoms with van der Waals surface area (Å²) >= 11 is 5.84. The number of nitrogens with zero attached hydrogens (tertiary/aromatic N) is 1. The molecule has 8 heteroatoms. The predicted molar refractivity (Wildman–Crippen MR) is 117 cm³/mol. The van der Waals surface area contributed by atoms with Crippen molar-refractivity contribution in [2.45, 2.75) is 13.5 Å². The molecule has 0 fully saturated rings. The van der Waals surface area contributed by atoms with Gasteiger partial charge in [-0.25, -0.2) is 9.59 Å². The lowest BCUT2D eigenvalue weighted by molar-refractivity contribution is 0.0526. The number of esters is 2. The maximum atomic E-state index is 12.3. The Labute approximate surface area is 188 Å². The van der Waals surface area contributed by atoms with Gasteiger partial charge in [-0.1, -0.05) is 16.8 Å². The molecule has 0 amide bonds. The Hall–Kier alpha value is -3.84. The summed E-state index contributed by atoms with van der Waals surface area (Å²) in [6.45, 7) is 2.23. The Morgan fingerprint density at radius 3 is 2.28 bits per heavy atom. The number of aromatic nitrogens is 1. The van der Waals surface area contributed by atoms with Crippen molar-refractivity contribution in [3.63, 3.8) is 0 Å². The second kappa shape index (κ2) is 9.53. The van der Waals surface area contributed by atoms with E-state index in [2.05, 4.69) is 5.16 Å². The number of ether oxygens (including phenoxy) is 3. The Bertz CT molecular complexity index is 1250. The Kier molecular flexibility index (Phi) is 6.37. The Morgan fingerprint density at radius 2 is 1.56 bits per heavy atom. The third kappa shape index (κ3) is 4.90. The van der Waals surface area contributed by atoms with Crippen molar-refractivity contribution in [3.05, 3.63) is 88.6 Å². The summed E-state index contributed by atoms with van der Waals surface area (Å²) in [6, 6.07) is 18.1. The molecule has 0 saturated carbocycles. The third-order valence-corrected chi connectivity index (χ3v) is 4.80. The lowest BCUT2D eigenvalue weighted by Crippen LogP contribution is -2.08. The van der Waals surface area contributed by atoms with Crippen molar-refractivity contribution < 1.29 is 28.3 Å². The topological polar surface area (TPSA) is 87.9 Å². The van der Waals surface area contributed by atoms with Gasteiger partial charge in [-0.3, -0.25) is 0 Å². The van der Waals surface area contributed by atoms with Gasteiger partial charge in [0.05, 0.1) is 17.7 Å². The number of carbonyl (C=O) groups is 2. The van der Waals surface area contributed by atoms with Gasteiger partial charge in [0.25, 0.3) is 0 Å². The highest BCUT2D eigenvalue weighted by atomic mass is 35.5. The zero-order chi connectivity index (χ0) is 22.5. The quantitative estimate of drug-likeness (QED) is 0.272. The minimum absolute atomic E-state index is 0.162. The minimum Gasteiger partial charge on any atom is -0.487 e. The fraction of sp³-hybridized carbons (Fsp3) is 0.125. The maximum Gasteiger partial charge on any atom is 0.343 e. The Morgan fingerprint density at radius 1 is 0.906 bits per heavy atom. The number of halogens is 1. The van der Waals surface area contributed by atoms with Crippen LogP contribution in [0.5, 0.6) is 11.5 Å². The molecule has 0 unspecified atom stereocenters. The number of fused-ring (bicyclic) bond motifs is 1. The molecule has 1 aromatic heterocycles. The van der Waals surface area contributed by atoms with E-state index >= 15 is 0 Å². The SMILES string of the molecule is CCOC(=O)c1ccc(OCc2noc3cc(OC(=O)c4ccc(Cl)cc4)ccc23)cc1. The standard InChI is InChI=1S/C24H18ClNO6/c1-2-29-23(27)15-5-9-18(10-6-15)30-14-21-20-12-11-19(13-22(20)32-26-21)31-24(28)16-3-7-17(25)8-4-16/h3-13H,2,14H2,1H3. The van der Waals surface area contributed by atoms with Crippen LogP contribution in [0.3, 0.4) is 0 Å². The fourth-order valence-corrected chi connectivity index (χ4v) is 3.07. The predicted octanol–water partition coefficient (Wildman–Crippen LogP) is 5.46. The van der Waals surface area contributed by atoms with Gasteiger partial charge in [0.15, 0.2) is 5.58 Å². The zero-order valence-electron chi connectivity index (χ0n) is 17.0. The maximum absolute atomic E-state index is 12.3. The largest absolute Gasteiger partial charge is 0.487 e. The van der Waals surface area contributed by atoms with Gasteiger partial charge in [-0.15, -0.1) is 0 Å². The van der Waals surface area contributed by atoms with E-state index in [-0.39, 0.29) is 12.6 Å². The van der Waals surface area contributed by atoms with E-state index < -0.39 is 5.97 Å². The van der Waals surface area contributed by atoms with Crippen LogP contribution in [0.15, 0.2) is 71.3 Å². The summed E-state index contributed by atoms with van der Waals surface area (Å²) in [7, 11) is 0. The van der Waals surface area contributed by atoms with E-state index in [1.165, 1.54) is 0 Å². The van der Waals surface area contributed by atoms with E-state index in [1.807, 2.05) is 0 Å². The van der Waals surface area contributed by atoms with Crippen LogP contribution in [0.1, 0.15) is 33.3 Å². The molecule has 0 aliphatic rings. The molecule has 0 spiro atoms. The zero-order valence-corrected chi connectivity index (χ0v) is 17.8. The van der Waals surface area contributed by atoms with Crippen LogP contribution in [0.4, 0.5) is 0 Å². The van der Waals surface area contributed by atoms with Crippen molar-refractivity contribution in [1.82, 2.24) is 5.16 Å². The van der Waals surface area contributed by atoms with Gasteiger partial charge in [0.1, 0.15) is 23.8 Å². The van der Waals surface area contributed by atoms with E-state index in [0.717, 1.165) is 5.39 Å². The van der Waals surface area contributed by atoms with Crippen molar-refractivity contribution in [2.24, 2.45) is 0 Å². The molecular weight excluding hydrogens is 434 g/mol. The van der Waals surface area contributed by atoms with Gasteiger partial charge < -0.3 is 18.7 Å². The molecular formula is C24H18ClNO6. The summed E-state index contributed by atoms with van der Waals surface area (Å²) in [5, 5.41) is 5.31. The van der Waals surface area contributed by atoms with Crippen LogP contribution in [-0.4, -0.2) is 23.7 Å². The smallest absolute Gasteiger partial charge is 0.343 e. The average molecular weight is 452 g/mol. The lowest BCUT2D eigenvalue weighted by Gasteiger charge is -2.06. The number of carbonyl (C=O) groups excluding carboxylic acids is 2. The van der Waals surface area contributed by atoms with Crippen LogP contribution in [-0.2, 0) is 11.3 Å². The number of rotatable bonds is 7. The van der Waals surface area contributed by atoms with Crippen molar-refractivity contribution in [1.29, 1.82) is 0 Å². The van der Waals surface area contributed by atoms with Crippen LogP contribution in [0, 0.1) is 0 Å². The van der Waals surface area contributed by atoms with Crippen molar-refractivity contribution in [2.75, 3.05) is 6.61 Å². The highest BCUT2D eigenvalue weighted by molar-refractivity contribution is 6.30. The molecule has 0 bridgehead atoms. The number of benzene rings is 3. The first kappa shape index (κ1) is 21.4. The van der Waals surface area contributed by atoms with Crippen LogP contribution >= 0.6 is 11.6 Å². The molecule has 7 nitrogen and oxygen atoms in total. The number of hydrogen-bond acceptors (Lipinski definition) is 7. The minimum atomic E-state index is -0.504. The molecule has 0 atom stereocenters. The number of hydrogen-bond donors (Lipinski definition) is 0. The summed E-state index contributed by atoms with van der Waals surface area (Å²) < 4.78 is 21.5. The lowest BCUT2D eigenvalue weighted by atomic mass is 10.2. The van der Waals surface area contributed by atoms with E-state index in [0.29, 0.717) is 45.5 Å². The molecule has 1 heterocycles. The average Bonchev–Trinajstić information content (AvgIpc) is 3.21. The second-order valence-electron chi connectivity index (χ2n) is 6.72. The molecule has 3 aromatic carbocycles. The molecule has 0 aliphatic heterocycles. The molecule has 162 valence electrons. The van der Waals surface area contributed by atoms with Crippen molar-refractivity contribution in [3.8, 4) is 11.5 Å². The van der Waals surface area contributed by atoms with Gasteiger partial charge in [0.2, 0.25) is 0 Å². The monoisotopic (exact) mass is 451 g/mol. The summed E-state index contributed by atoms with van der Waals surface area (Å²) in [5.41, 5.74) is 1.88. The molecule has 0 radical (unpaired) electrons. The first-order valence-electron chi connectivity index (χ1n) is 9.79. The molecule has 0 aliphatic carbocycles. The molecule has 0 N–H and O–H groups in total. The van der Waals surface area contributed by atoms with Gasteiger partial charge >= 0.3 is 11.9 Å². The molecule has 32 heavy (non-hydrogen) atoms. The highest BCUT2D eigenvalue weighted by Gasteiger charge is 2.14. The third-order valence-electron chi connectivity index (χ3n) is 4.55. The molecule has 4 aromatic rings. The molecule has 0 saturated heterocycles. The van der Waals surface area contributed by atoms with E-state index in [9.17, 15) is 9.59 Å².